The summed E-state index contributed by atoms with van der Waals surface area (Å²) >= 11 is 13.1. The number of hydrogen-bond donors (Lipinski definition) is 2. The molecule has 51 heavy (non-hydrogen) atoms. The van der Waals surface area contributed by atoms with E-state index in [1.807, 2.05) is 24.0 Å². The molecule has 5 fully saturated rings. The molecule has 3 aromatic heterocycles. The predicted octanol–water partition coefficient (Wildman–Crippen LogP) is 7.71. The fourth-order valence-electron chi connectivity index (χ4n) is 8.75. The zero-order valence-electron chi connectivity index (χ0n) is 28.0. The van der Waals surface area contributed by atoms with Gasteiger partial charge in [0.15, 0.2) is 17.4 Å². The Morgan fingerprint density at radius 2 is 2.02 bits per heavy atom. The molecule has 0 unspecified atom stereocenters. The van der Waals surface area contributed by atoms with Crippen LogP contribution in [0.15, 0.2) is 48.7 Å². The SMILES string of the molecule is Cc1nc2c(F)c(-c3cccc(Cl)c3Cl)c(CCC#N)cc2c2c1cc([C@H]1C[C@H](Oc3cccnc3N)CN1C(=O)C1CC1)n2[C@H]1[C@H]2CN[C@@H]1C2. The van der Waals surface area contributed by atoms with Crippen molar-refractivity contribution in [2.45, 2.75) is 69.7 Å². The maximum Gasteiger partial charge on any atom is 0.226 e. The number of fused-ring (bicyclic) bond motifs is 4. The minimum absolute atomic E-state index is 0.0202. The van der Waals surface area contributed by atoms with Gasteiger partial charge in [-0.2, -0.15) is 5.26 Å². The Balaban J connectivity index is 1.26. The number of nitriles is 1. The molecule has 3 aliphatic heterocycles. The van der Waals surface area contributed by atoms with Crippen LogP contribution >= 0.6 is 23.2 Å². The van der Waals surface area contributed by atoms with Crippen LogP contribution in [0.2, 0.25) is 10.0 Å². The molecule has 2 aliphatic carbocycles. The van der Waals surface area contributed by atoms with E-state index in [9.17, 15) is 10.1 Å². The van der Waals surface area contributed by atoms with E-state index >= 15 is 4.39 Å². The number of nitrogens with two attached hydrogens (primary N) is 1. The molecule has 10 rings (SSSR count). The number of nitrogens with zero attached hydrogens (tertiary/aromatic N) is 5. The van der Waals surface area contributed by atoms with Crippen LogP contribution in [-0.2, 0) is 11.2 Å². The van der Waals surface area contributed by atoms with Crippen molar-refractivity contribution in [3.05, 3.63) is 81.5 Å². The first kappa shape index (κ1) is 32.5. The number of carbonyl (C=O) groups excluding carboxylic acids is 1. The van der Waals surface area contributed by atoms with E-state index in [4.69, 9.17) is 38.7 Å². The number of anilines is 1. The zero-order valence-corrected chi connectivity index (χ0v) is 29.5. The largest absolute Gasteiger partial charge is 0.485 e. The highest BCUT2D eigenvalue weighted by Crippen LogP contribution is 2.51. The van der Waals surface area contributed by atoms with Gasteiger partial charge in [-0.1, -0.05) is 35.3 Å². The molecule has 2 bridgehead atoms. The number of carbonyl (C=O) groups is 1. The van der Waals surface area contributed by atoms with E-state index in [0.29, 0.717) is 69.7 Å². The van der Waals surface area contributed by atoms with Gasteiger partial charge in [-0.25, -0.2) is 14.4 Å². The maximum absolute atomic E-state index is 17.2. The number of hydrogen-bond acceptors (Lipinski definition) is 7. The maximum atomic E-state index is 17.2. The molecular weight excluding hydrogens is 688 g/mol. The Labute approximate surface area is 304 Å². The van der Waals surface area contributed by atoms with E-state index in [0.717, 1.165) is 42.4 Å². The van der Waals surface area contributed by atoms with E-state index in [-0.39, 0.29) is 53.0 Å². The molecule has 12 heteroatoms. The van der Waals surface area contributed by atoms with Gasteiger partial charge in [-0.15, -0.1) is 0 Å². The number of benzene rings is 2. The highest BCUT2D eigenvalue weighted by molar-refractivity contribution is 6.43. The molecule has 2 saturated carbocycles. The number of aromatic nitrogens is 3. The van der Waals surface area contributed by atoms with Crippen LogP contribution in [0.3, 0.4) is 0 Å². The fraction of sp³-hybridized carbons (Fsp3) is 0.385. The van der Waals surface area contributed by atoms with Gasteiger partial charge >= 0.3 is 0 Å². The minimum Gasteiger partial charge on any atom is -0.485 e. The summed E-state index contributed by atoms with van der Waals surface area (Å²) < 4.78 is 26.0. The van der Waals surface area contributed by atoms with Crippen LogP contribution in [-0.4, -0.2) is 50.6 Å². The Kier molecular flexibility index (Phi) is 7.87. The lowest BCUT2D eigenvalue weighted by molar-refractivity contribution is -0.133. The van der Waals surface area contributed by atoms with Gasteiger partial charge in [-0.3, -0.25) is 4.79 Å². The smallest absolute Gasteiger partial charge is 0.226 e. The molecule has 0 radical (unpaired) electrons. The third-order valence-corrected chi connectivity index (χ3v) is 12.2. The van der Waals surface area contributed by atoms with Gasteiger partial charge in [0.05, 0.1) is 40.3 Å². The Morgan fingerprint density at radius 3 is 2.75 bits per heavy atom. The minimum atomic E-state index is -0.493. The molecule has 5 aliphatic rings. The molecule has 3 saturated heterocycles. The van der Waals surface area contributed by atoms with Crippen LogP contribution in [0, 0.1) is 35.9 Å². The first-order valence-electron chi connectivity index (χ1n) is 17.6. The van der Waals surface area contributed by atoms with Crippen molar-refractivity contribution in [1.82, 2.24) is 24.8 Å². The van der Waals surface area contributed by atoms with E-state index in [1.165, 1.54) is 0 Å². The van der Waals surface area contributed by atoms with Gasteiger partial charge in [0, 0.05) is 70.8 Å². The van der Waals surface area contributed by atoms with Crippen LogP contribution in [0.4, 0.5) is 10.2 Å². The number of pyridine rings is 2. The second kappa shape index (κ2) is 12.4. The summed E-state index contributed by atoms with van der Waals surface area (Å²) in [6.45, 7) is 3.24. The first-order chi connectivity index (χ1) is 24.7. The van der Waals surface area contributed by atoms with E-state index in [2.05, 4.69) is 27.0 Å². The summed E-state index contributed by atoms with van der Waals surface area (Å²) in [5.41, 5.74) is 10.4. The third-order valence-electron chi connectivity index (χ3n) is 11.3. The molecule has 6 heterocycles. The van der Waals surface area contributed by atoms with Crippen molar-refractivity contribution < 1.29 is 13.9 Å². The summed E-state index contributed by atoms with van der Waals surface area (Å²) in [6, 6.07) is 15.3. The average molecular weight is 725 g/mol. The molecule has 0 spiro atoms. The molecular formula is C39H36Cl2FN7O2. The van der Waals surface area contributed by atoms with Gasteiger partial charge in [0.2, 0.25) is 5.91 Å². The second-order valence-electron chi connectivity index (χ2n) is 14.4. The summed E-state index contributed by atoms with van der Waals surface area (Å²) in [5.74, 6) is 0.888. The lowest BCUT2D eigenvalue weighted by Gasteiger charge is -2.39. The molecule has 5 atom stereocenters. The predicted molar refractivity (Wildman–Crippen MR) is 195 cm³/mol. The van der Waals surface area contributed by atoms with Gasteiger partial charge in [0.25, 0.3) is 0 Å². The number of aryl methyl sites for hydroxylation is 2. The highest BCUT2D eigenvalue weighted by Gasteiger charge is 2.51. The highest BCUT2D eigenvalue weighted by atomic mass is 35.5. The lowest BCUT2D eigenvalue weighted by atomic mass is 9.79. The second-order valence-corrected chi connectivity index (χ2v) is 15.2. The number of ether oxygens (including phenoxy) is 1. The molecule has 260 valence electrons. The zero-order chi connectivity index (χ0) is 35.1. The van der Waals surface area contributed by atoms with Crippen LogP contribution in [0.5, 0.6) is 5.75 Å². The molecule has 2 aromatic carbocycles. The molecule has 5 aromatic rings. The molecule has 9 nitrogen and oxygen atoms in total. The Hall–Kier alpha value is -4.43. The Bertz CT molecular complexity index is 2290. The van der Waals surface area contributed by atoms with Crippen LogP contribution in [0.1, 0.15) is 61.1 Å². The van der Waals surface area contributed by atoms with Crippen molar-refractivity contribution >= 4 is 56.7 Å². The summed E-state index contributed by atoms with van der Waals surface area (Å²) in [6.07, 6.45) is 5.27. The monoisotopic (exact) mass is 723 g/mol. The first-order valence-corrected chi connectivity index (χ1v) is 18.4. The van der Waals surface area contributed by atoms with E-state index in [1.54, 1.807) is 30.5 Å². The number of nitrogens with one attached hydrogen (secondary N) is 1. The van der Waals surface area contributed by atoms with Crippen molar-refractivity contribution in [3.8, 4) is 22.9 Å². The fourth-order valence-corrected chi connectivity index (χ4v) is 9.15. The van der Waals surface area contributed by atoms with Crippen molar-refractivity contribution in [1.29, 1.82) is 5.26 Å². The number of rotatable bonds is 8. The number of halogens is 3. The quantitative estimate of drug-likeness (QED) is 0.168. The Morgan fingerprint density at radius 1 is 1.18 bits per heavy atom. The molecule has 1 amide bonds. The van der Waals surface area contributed by atoms with Gasteiger partial charge in [0.1, 0.15) is 11.6 Å². The normalized spacial score (nSPS) is 23.9. The number of likely N-dealkylation sites (tertiary alicyclic amines) is 1. The van der Waals surface area contributed by atoms with Crippen molar-refractivity contribution in [2.75, 3.05) is 18.8 Å². The third kappa shape index (κ3) is 5.23. The van der Waals surface area contributed by atoms with Gasteiger partial charge in [-0.05, 0) is 74.4 Å². The summed E-state index contributed by atoms with van der Waals surface area (Å²) in [5, 5.41) is 15.4. The average Bonchev–Trinajstić information content (AvgIpc) is 3.40. The van der Waals surface area contributed by atoms with Crippen molar-refractivity contribution in [3.63, 3.8) is 0 Å². The molecule has 3 N–H and O–H groups in total. The van der Waals surface area contributed by atoms with Crippen molar-refractivity contribution in [2.24, 2.45) is 11.8 Å². The summed E-state index contributed by atoms with van der Waals surface area (Å²) in [7, 11) is 0. The number of nitrogen functional groups attached to an aromatic ring is 1. The van der Waals surface area contributed by atoms with Crippen LogP contribution < -0.4 is 15.8 Å². The standard InChI is InChI=1S/C39H36Cl2FN7O2/c1-19-25-16-30(29-15-23(18-48(29)39(50)20-9-10-20)51-31-8-4-12-45-38(31)44)49(36-22-14-28(36)46-17-22)37(25)26-13-21(5-3-11-43)32(34(42)35(26)47-19)24-6-2-7-27(40)33(24)41/h2,4,6-8,12-13,16,20,22-23,28-29,36,46H,3,5,9-10,14-15,17-18H2,1H3,(H2,44,45)/t22-,23+,28-,29-,36+/m1/s1. The van der Waals surface area contributed by atoms with Gasteiger partial charge < -0.3 is 25.3 Å². The summed E-state index contributed by atoms with van der Waals surface area (Å²) in [4.78, 5) is 25.1. The van der Waals surface area contributed by atoms with E-state index < -0.39 is 5.82 Å². The van der Waals surface area contributed by atoms with Crippen LogP contribution in [0.25, 0.3) is 32.9 Å². The topological polar surface area (TPSA) is 122 Å². The lowest BCUT2D eigenvalue weighted by Crippen LogP contribution is -2.41. The number of amides is 1.